The lowest BCUT2D eigenvalue weighted by atomic mass is 9.88. The maximum absolute atomic E-state index is 6.38. The van der Waals surface area contributed by atoms with Gasteiger partial charge in [-0.15, -0.1) is 0 Å². The highest BCUT2D eigenvalue weighted by molar-refractivity contribution is 6.31. The van der Waals surface area contributed by atoms with Crippen molar-refractivity contribution >= 4 is 11.6 Å². The van der Waals surface area contributed by atoms with Crippen LogP contribution in [0.15, 0.2) is 6.20 Å². The van der Waals surface area contributed by atoms with Crippen molar-refractivity contribution in [2.45, 2.75) is 65.5 Å². The van der Waals surface area contributed by atoms with Gasteiger partial charge in [0.2, 0.25) is 0 Å². The Morgan fingerprint density at radius 2 is 1.84 bits per heavy atom. The van der Waals surface area contributed by atoms with E-state index in [-0.39, 0.29) is 0 Å². The van der Waals surface area contributed by atoms with E-state index in [9.17, 15) is 0 Å². The number of aryl methyl sites for hydroxylation is 1. The number of aromatic nitrogens is 2. The molecule has 0 bridgehead atoms. The number of halogens is 1. The first-order chi connectivity index (χ1) is 9.19. The van der Waals surface area contributed by atoms with E-state index in [4.69, 9.17) is 11.6 Å². The fourth-order valence-electron chi connectivity index (χ4n) is 2.89. The van der Waals surface area contributed by atoms with Crippen LogP contribution < -0.4 is 5.32 Å². The predicted octanol–water partition coefficient (Wildman–Crippen LogP) is 4.42. The minimum atomic E-state index is 0.307. The normalized spacial score (nSPS) is 13.2. The molecule has 1 aromatic heterocycles. The maximum atomic E-state index is 6.38. The summed E-state index contributed by atoms with van der Waals surface area (Å²) in [6.45, 7) is 7.61. The number of nitrogens with one attached hydrogen (secondary N) is 1. The van der Waals surface area contributed by atoms with E-state index in [2.05, 4.69) is 35.9 Å². The Bertz CT molecular complexity index is 356. The van der Waals surface area contributed by atoms with Crippen LogP contribution in [0.5, 0.6) is 0 Å². The molecule has 0 aliphatic rings. The lowest BCUT2D eigenvalue weighted by Gasteiger charge is -2.27. The Morgan fingerprint density at radius 1 is 1.21 bits per heavy atom. The van der Waals surface area contributed by atoms with Gasteiger partial charge >= 0.3 is 0 Å². The van der Waals surface area contributed by atoms with Gasteiger partial charge in [-0.05, 0) is 32.2 Å². The van der Waals surface area contributed by atoms with Crippen molar-refractivity contribution in [3.8, 4) is 0 Å². The molecule has 1 N–H and O–H groups in total. The number of rotatable bonds is 9. The summed E-state index contributed by atoms with van der Waals surface area (Å²) in [5, 5.41) is 8.69. The molecule has 0 saturated heterocycles. The van der Waals surface area contributed by atoms with Crippen LogP contribution in [0.25, 0.3) is 0 Å². The zero-order valence-corrected chi connectivity index (χ0v) is 13.5. The molecule has 0 saturated carbocycles. The van der Waals surface area contributed by atoms with Gasteiger partial charge in [0.15, 0.2) is 0 Å². The summed E-state index contributed by atoms with van der Waals surface area (Å²) in [6.07, 6.45) is 7.74. The highest BCUT2D eigenvalue weighted by Gasteiger charge is 2.26. The SMILES string of the molecule is CCCC(CCC)C(NC)c1c(Cl)cnn1CCC. The zero-order valence-electron chi connectivity index (χ0n) is 12.7. The number of hydrogen-bond acceptors (Lipinski definition) is 2. The monoisotopic (exact) mass is 285 g/mol. The van der Waals surface area contributed by atoms with Gasteiger partial charge in [-0.25, -0.2) is 0 Å². The molecule has 1 unspecified atom stereocenters. The van der Waals surface area contributed by atoms with Gasteiger partial charge in [0.25, 0.3) is 0 Å². The van der Waals surface area contributed by atoms with Gasteiger partial charge in [0.1, 0.15) is 0 Å². The molecule has 0 aliphatic carbocycles. The van der Waals surface area contributed by atoms with Gasteiger partial charge in [0, 0.05) is 6.54 Å². The molecule has 0 aliphatic heterocycles. The van der Waals surface area contributed by atoms with Crippen LogP contribution in [0.1, 0.15) is 64.6 Å². The second-order valence-electron chi connectivity index (χ2n) is 5.20. The highest BCUT2D eigenvalue weighted by Crippen LogP contribution is 2.33. The van der Waals surface area contributed by atoms with E-state index in [1.54, 1.807) is 6.20 Å². The van der Waals surface area contributed by atoms with Crippen LogP contribution in [0, 0.1) is 5.92 Å². The van der Waals surface area contributed by atoms with Crippen molar-refractivity contribution < 1.29 is 0 Å². The molecule has 110 valence electrons. The van der Waals surface area contributed by atoms with Crippen molar-refractivity contribution in [3.63, 3.8) is 0 Å². The summed E-state index contributed by atoms with van der Waals surface area (Å²) in [6, 6.07) is 0.307. The molecule has 0 amide bonds. The van der Waals surface area contributed by atoms with Gasteiger partial charge in [-0.1, -0.05) is 45.2 Å². The van der Waals surface area contributed by atoms with Crippen LogP contribution in [0.4, 0.5) is 0 Å². The van der Waals surface area contributed by atoms with Gasteiger partial charge in [-0.3, -0.25) is 4.68 Å². The van der Waals surface area contributed by atoms with Crippen molar-refractivity contribution in [2.75, 3.05) is 7.05 Å². The van der Waals surface area contributed by atoms with Gasteiger partial charge < -0.3 is 5.32 Å². The average Bonchev–Trinajstić information content (AvgIpc) is 2.74. The van der Waals surface area contributed by atoms with E-state index >= 15 is 0 Å². The van der Waals surface area contributed by atoms with Crippen LogP contribution in [0.2, 0.25) is 5.02 Å². The molecule has 1 aromatic rings. The molecular weight excluding hydrogens is 258 g/mol. The Hall–Kier alpha value is -0.540. The van der Waals surface area contributed by atoms with E-state index < -0.39 is 0 Å². The number of hydrogen-bond donors (Lipinski definition) is 1. The maximum Gasteiger partial charge on any atom is 0.0834 e. The summed E-state index contributed by atoms with van der Waals surface area (Å²) in [5.41, 5.74) is 1.16. The van der Waals surface area contributed by atoms with Crippen LogP contribution in [0.3, 0.4) is 0 Å². The molecule has 1 rings (SSSR count). The third-order valence-corrected chi connectivity index (χ3v) is 3.96. The van der Waals surface area contributed by atoms with Crippen molar-refractivity contribution in [1.82, 2.24) is 15.1 Å². The summed E-state index contributed by atoms with van der Waals surface area (Å²) in [7, 11) is 2.03. The van der Waals surface area contributed by atoms with Gasteiger partial charge in [-0.2, -0.15) is 5.10 Å². The second-order valence-corrected chi connectivity index (χ2v) is 5.61. The van der Waals surface area contributed by atoms with Crippen LogP contribution in [-0.4, -0.2) is 16.8 Å². The van der Waals surface area contributed by atoms with E-state index in [0.717, 1.165) is 23.7 Å². The highest BCUT2D eigenvalue weighted by atomic mass is 35.5. The fourth-order valence-corrected chi connectivity index (χ4v) is 3.14. The fraction of sp³-hybridized carbons (Fsp3) is 0.800. The van der Waals surface area contributed by atoms with E-state index in [0.29, 0.717) is 12.0 Å². The summed E-state index contributed by atoms with van der Waals surface area (Å²) >= 11 is 6.38. The minimum Gasteiger partial charge on any atom is -0.311 e. The molecule has 4 heteroatoms. The Balaban J connectivity index is 3.02. The van der Waals surface area contributed by atoms with Crippen molar-refractivity contribution in [1.29, 1.82) is 0 Å². The zero-order chi connectivity index (χ0) is 14.3. The number of nitrogens with zero attached hydrogens (tertiary/aromatic N) is 2. The predicted molar refractivity (Wildman–Crippen MR) is 82.6 cm³/mol. The first-order valence-corrected chi connectivity index (χ1v) is 7.95. The Morgan fingerprint density at radius 3 is 2.32 bits per heavy atom. The minimum absolute atomic E-state index is 0.307. The van der Waals surface area contributed by atoms with Crippen LogP contribution in [-0.2, 0) is 6.54 Å². The standard InChI is InChI=1S/C15H28ClN3/c1-5-8-12(9-6-2)14(17-4)15-13(16)11-18-19(15)10-7-3/h11-12,14,17H,5-10H2,1-4H3. The molecule has 3 nitrogen and oxygen atoms in total. The summed E-state index contributed by atoms with van der Waals surface area (Å²) in [4.78, 5) is 0. The molecule has 19 heavy (non-hydrogen) atoms. The van der Waals surface area contributed by atoms with E-state index in [1.165, 1.54) is 25.7 Å². The molecule has 0 fully saturated rings. The van der Waals surface area contributed by atoms with E-state index in [1.807, 2.05) is 7.05 Å². The van der Waals surface area contributed by atoms with Crippen molar-refractivity contribution in [3.05, 3.63) is 16.9 Å². The van der Waals surface area contributed by atoms with Crippen molar-refractivity contribution in [2.24, 2.45) is 5.92 Å². The largest absolute Gasteiger partial charge is 0.311 e. The Labute approximate surface area is 122 Å². The third kappa shape index (κ3) is 4.22. The Kier molecular flexibility index (Phi) is 7.47. The molecule has 0 spiro atoms. The lowest BCUT2D eigenvalue weighted by Crippen LogP contribution is -2.28. The topological polar surface area (TPSA) is 29.9 Å². The lowest BCUT2D eigenvalue weighted by molar-refractivity contribution is 0.314. The molecule has 1 atom stereocenters. The van der Waals surface area contributed by atoms with Crippen LogP contribution >= 0.6 is 11.6 Å². The molecule has 1 heterocycles. The van der Waals surface area contributed by atoms with Gasteiger partial charge in [0.05, 0.1) is 23.0 Å². The first kappa shape index (κ1) is 16.5. The second kappa shape index (κ2) is 8.60. The molecular formula is C15H28ClN3. The smallest absolute Gasteiger partial charge is 0.0834 e. The third-order valence-electron chi connectivity index (χ3n) is 3.66. The quantitative estimate of drug-likeness (QED) is 0.728. The molecule has 0 radical (unpaired) electrons. The molecule has 0 aromatic carbocycles. The first-order valence-electron chi connectivity index (χ1n) is 7.57. The summed E-state index contributed by atoms with van der Waals surface area (Å²) < 4.78 is 2.07. The average molecular weight is 286 g/mol. The summed E-state index contributed by atoms with van der Waals surface area (Å²) in [5.74, 6) is 0.629.